The van der Waals surface area contributed by atoms with Crippen molar-refractivity contribution in [3.05, 3.63) is 0 Å². The highest BCUT2D eigenvalue weighted by Gasteiger charge is 2.03. The van der Waals surface area contributed by atoms with Crippen LogP contribution in [-0.2, 0) is 66.4 Å². The van der Waals surface area contributed by atoms with Gasteiger partial charge in [-0.2, -0.15) is 0 Å². The molecule has 0 N–H and O–H groups in total. The van der Waals surface area contributed by atoms with Gasteiger partial charge in [0.25, 0.3) is 0 Å². The fraction of sp³-hybridized carbons (Fsp3) is 0.941. The normalized spacial score (nSPS) is 11.3. The highest BCUT2D eigenvalue weighted by molar-refractivity contribution is 5.69. The summed E-state index contributed by atoms with van der Waals surface area (Å²) in [5, 5.41) is 0. The van der Waals surface area contributed by atoms with E-state index < -0.39 is 0 Å². The summed E-state index contributed by atoms with van der Waals surface area (Å²) in [6.45, 7) is 13.9. The predicted molar refractivity (Wildman–Crippen MR) is 178 cm³/mol. The molecule has 0 fully saturated rings. The van der Waals surface area contributed by atoms with Crippen LogP contribution < -0.4 is 0 Å². The van der Waals surface area contributed by atoms with E-state index in [1.54, 1.807) is 6.92 Å². The Hall–Kier alpha value is -1.46. The topological polar surface area (TPSA) is 145 Å². The number of rotatable bonds is 41. The van der Waals surface area contributed by atoms with Crippen molar-refractivity contribution in [2.24, 2.45) is 0 Å². The lowest BCUT2D eigenvalue weighted by Gasteiger charge is -2.09. The van der Waals surface area contributed by atoms with Crippen molar-refractivity contribution < 1.29 is 66.4 Å². The van der Waals surface area contributed by atoms with Crippen LogP contribution in [-0.4, -0.2) is 157 Å². The van der Waals surface area contributed by atoms with E-state index in [2.05, 4.69) is 6.92 Å². The van der Waals surface area contributed by atoms with Gasteiger partial charge < -0.3 is 56.8 Å². The molecule has 0 aliphatic carbocycles. The molecule has 0 saturated heterocycles. The SMILES string of the molecule is CCCCCCCCC(=O)OCCOCCOCCOCCOCCOCCOCCOCCOCCOCCOCCC(=O)OCC. The summed E-state index contributed by atoms with van der Waals surface area (Å²) < 4.78 is 64.3. The van der Waals surface area contributed by atoms with Gasteiger partial charge in [-0.15, -0.1) is 0 Å². The molecule has 0 spiro atoms. The zero-order valence-electron chi connectivity index (χ0n) is 29.9. The summed E-state index contributed by atoms with van der Waals surface area (Å²) in [6.07, 6.45) is 7.66. The summed E-state index contributed by atoms with van der Waals surface area (Å²) in [4.78, 5) is 22.8. The molecule has 0 heterocycles. The van der Waals surface area contributed by atoms with E-state index in [9.17, 15) is 9.59 Å². The van der Waals surface area contributed by atoms with Crippen molar-refractivity contribution in [1.29, 1.82) is 0 Å². The monoisotopic (exact) mass is 698 g/mol. The van der Waals surface area contributed by atoms with Crippen LogP contribution in [0.4, 0.5) is 0 Å². The van der Waals surface area contributed by atoms with Crippen molar-refractivity contribution in [3.8, 4) is 0 Å². The lowest BCUT2D eigenvalue weighted by Crippen LogP contribution is -2.15. The third kappa shape index (κ3) is 40.7. The molecule has 0 aliphatic rings. The number of hydrogen-bond acceptors (Lipinski definition) is 14. The van der Waals surface area contributed by atoms with E-state index in [-0.39, 0.29) is 25.0 Å². The Balaban J connectivity index is 3.11. The van der Waals surface area contributed by atoms with Gasteiger partial charge in [0.05, 0.1) is 145 Å². The molecule has 0 aliphatic heterocycles. The van der Waals surface area contributed by atoms with Gasteiger partial charge in [0.15, 0.2) is 0 Å². The number of unbranched alkanes of at least 4 members (excludes halogenated alkanes) is 5. The van der Waals surface area contributed by atoms with Gasteiger partial charge in [0, 0.05) is 6.42 Å². The molecule has 0 radical (unpaired) electrons. The fourth-order valence-electron chi connectivity index (χ4n) is 3.81. The predicted octanol–water partition coefficient (Wildman–Crippen LogP) is 3.40. The lowest BCUT2D eigenvalue weighted by atomic mass is 10.1. The number of carbonyl (C=O) groups excluding carboxylic acids is 2. The Bertz CT molecular complexity index is 655. The van der Waals surface area contributed by atoms with Gasteiger partial charge in [-0.05, 0) is 13.3 Å². The fourth-order valence-corrected chi connectivity index (χ4v) is 3.81. The van der Waals surface area contributed by atoms with Crippen molar-refractivity contribution >= 4 is 11.9 Å². The molecular formula is C34H66O14. The van der Waals surface area contributed by atoms with Gasteiger partial charge in [0.2, 0.25) is 0 Å². The number of hydrogen-bond donors (Lipinski definition) is 0. The van der Waals surface area contributed by atoms with Gasteiger partial charge in [-0.3, -0.25) is 9.59 Å². The van der Waals surface area contributed by atoms with Crippen LogP contribution in [0.15, 0.2) is 0 Å². The Morgan fingerprint density at radius 3 is 0.958 bits per heavy atom. The first-order chi connectivity index (χ1) is 23.7. The van der Waals surface area contributed by atoms with Crippen LogP contribution in [0.2, 0.25) is 0 Å². The van der Waals surface area contributed by atoms with E-state index >= 15 is 0 Å². The molecule has 0 aromatic carbocycles. The Kier molecular flexibility index (Phi) is 40.4. The standard InChI is InChI=1S/C34H66O14/c1-3-5-6-7-8-9-10-33(35)48-32-31-46-30-29-45-28-27-44-26-25-43-24-23-42-22-21-41-20-19-40-18-17-39-16-15-38-14-13-37-12-11-34(36)47-4-2/h3-32H2,1-2H3. The molecule has 14 nitrogen and oxygen atoms in total. The molecule has 0 saturated carbocycles. The second kappa shape index (κ2) is 41.7. The van der Waals surface area contributed by atoms with Crippen LogP contribution in [0.1, 0.15) is 65.2 Å². The second-order valence-electron chi connectivity index (χ2n) is 10.4. The van der Waals surface area contributed by atoms with Crippen molar-refractivity contribution in [1.82, 2.24) is 0 Å². The average Bonchev–Trinajstić information content (AvgIpc) is 3.08. The minimum atomic E-state index is -0.253. The Labute approximate surface area is 288 Å². The van der Waals surface area contributed by atoms with E-state index in [4.69, 9.17) is 56.8 Å². The molecule has 0 atom stereocenters. The summed E-state index contributed by atoms with van der Waals surface area (Å²) in [7, 11) is 0. The van der Waals surface area contributed by atoms with Crippen molar-refractivity contribution in [2.75, 3.05) is 145 Å². The summed E-state index contributed by atoms with van der Waals surface area (Å²) >= 11 is 0. The van der Waals surface area contributed by atoms with Gasteiger partial charge >= 0.3 is 11.9 Å². The van der Waals surface area contributed by atoms with Crippen molar-refractivity contribution in [3.63, 3.8) is 0 Å². The minimum Gasteiger partial charge on any atom is -0.466 e. The molecule has 286 valence electrons. The lowest BCUT2D eigenvalue weighted by molar-refractivity contribution is -0.146. The highest BCUT2D eigenvalue weighted by Crippen LogP contribution is 2.07. The smallest absolute Gasteiger partial charge is 0.308 e. The van der Waals surface area contributed by atoms with Crippen LogP contribution in [0, 0.1) is 0 Å². The second-order valence-corrected chi connectivity index (χ2v) is 10.4. The van der Waals surface area contributed by atoms with Crippen LogP contribution in [0.3, 0.4) is 0 Å². The molecule has 0 aromatic heterocycles. The average molecular weight is 699 g/mol. The first-order valence-electron chi connectivity index (χ1n) is 17.8. The van der Waals surface area contributed by atoms with E-state index in [1.165, 1.54) is 25.7 Å². The number of ether oxygens (including phenoxy) is 12. The van der Waals surface area contributed by atoms with Gasteiger partial charge in [-0.25, -0.2) is 0 Å². The zero-order chi connectivity index (χ0) is 34.9. The molecule has 48 heavy (non-hydrogen) atoms. The number of esters is 2. The molecule has 0 rings (SSSR count). The summed E-state index contributed by atoms with van der Waals surface area (Å²) in [5.74, 6) is -0.400. The minimum absolute atomic E-state index is 0.147. The maximum absolute atomic E-state index is 11.7. The van der Waals surface area contributed by atoms with E-state index in [0.29, 0.717) is 145 Å². The molecular weight excluding hydrogens is 632 g/mol. The van der Waals surface area contributed by atoms with Crippen LogP contribution >= 0.6 is 0 Å². The highest BCUT2D eigenvalue weighted by atomic mass is 16.6. The summed E-state index contributed by atoms with van der Waals surface area (Å²) in [5.41, 5.74) is 0. The molecule has 0 amide bonds. The first kappa shape index (κ1) is 46.5. The molecule has 14 heteroatoms. The van der Waals surface area contributed by atoms with Gasteiger partial charge in [0.1, 0.15) is 6.61 Å². The van der Waals surface area contributed by atoms with E-state index in [0.717, 1.165) is 12.8 Å². The molecule has 0 bridgehead atoms. The van der Waals surface area contributed by atoms with Crippen molar-refractivity contribution in [2.45, 2.75) is 65.2 Å². The maximum atomic E-state index is 11.7. The van der Waals surface area contributed by atoms with Crippen LogP contribution in [0.5, 0.6) is 0 Å². The molecule has 0 aromatic rings. The first-order valence-corrected chi connectivity index (χ1v) is 17.8. The summed E-state index contributed by atoms with van der Waals surface area (Å²) in [6, 6.07) is 0. The van der Waals surface area contributed by atoms with Gasteiger partial charge in [-0.1, -0.05) is 39.0 Å². The molecule has 0 unspecified atom stereocenters. The zero-order valence-corrected chi connectivity index (χ0v) is 29.9. The number of carbonyl (C=O) groups is 2. The maximum Gasteiger partial charge on any atom is 0.308 e. The Morgan fingerprint density at radius 1 is 0.312 bits per heavy atom. The van der Waals surface area contributed by atoms with E-state index in [1.807, 2.05) is 0 Å². The largest absolute Gasteiger partial charge is 0.466 e. The quantitative estimate of drug-likeness (QED) is 0.0679. The van der Waals surface area contributed by atoms with Crippen LogP contribution in [0.25, 0.3) is 0 Å². The Morgan fingerprint density at radius 2 is 0.604 bits per heavy atom. The third-order valence-electron chi connectivity index (χ3n) is 6.33. The third-order valence-corrected chi connectivity index (χ3v) is 6.33.